The Morgan fingerprint density at radius 2 is 1.97 bits per heavy atom. The van der Waals surface area contributed by atoms with Gasteiger partial charge in [-0.25, -0.2) is 9.78 Å². The van der Waals surface area contributed by atoms with Crippen LogP contribution in [0.2, 0.25) is 0 Å². The number of hydrogen-bond donors (Lipinski definition) is 1. The van der Waals surface area contributed by atoms with Crippen molar-refractivity contribution in [2.45, 2.75) is 39.8 Å². The molecule has 32 heavy (non-hydrogen) atoms. The summed E-state index contributed by atoms with van der Waals surface area (Å²) >= 11 is 0. The van der Waals surface area contributed by atoms with E-state index in [1.165, 1.54) is 0 Å². The number of ether oxygens (including phenoxy) is 1. The summed E-state index contributed by atoms with van der Waals surface area (Å²) in [5.41, 5.74) is 4.34. The average Bonchev–Trinajstić information content (AvgIpc) is 3.11. The number of carbonyl (C=O) groups is 1. The quantitative estimate of drug-likeness (QED) is 0.444. The Bertz CT molecular complexity index is 1290. The largest absolute Gasteiger partial charge is 0.439 e. The summed E-state index contributed by atoms with van der Waals surface area (Å²) < 4.78 is 12.6. The van der Waals surface area contributed by atoms with Gasteiger partial charge in [-0.05, 0) is 55.2 Å². The van der Waals surface area contributed by atoms with Crippen LogP contribution in [-0.4, -0.2) is 15.5 Å². The number of rotatable bonds is 8. The Balaban J connectivity index is 1.25. The molecule has 7 nitrogen and oxygen atoms in total. The number of carbonyl (C=O) groups excluding carboxylic acids is 1. The second kappa shape index (κ2) is 9.51. The van der Waals surface area contributed by atoms with Crippen LogP contribution in [0.1, 0.15) is 29.5 Å². The highest BCUT2D eigenvalue weighted by Crippen LogP contribution is 2.24. The molecule has 0 aliphatic heterocycles. The molecule has 0 saturated heterocycles. The molecule has 7 heteroatoms. The van der Waals surface area contributed by atoms with Crippen molar-refractivity contribution < 1.29 is 13.9 Å². The number of pyridine rings is 1. The van der Waals surface area contributed by atoms with Crippen molar-refractivity contribution in [1.82, 2.24) is 14.9 Å². The molecule has 0 bridgehead atoms. The van der Waals surface area contributed by atoms with Crippen LogP contribution < -0.4 is 15.8 Å². The van der Waals surface area contributed by atoms with Crippen molar-refractivity contribution in [2.24, 2.45) is 0 Å². The molecule has 0 unspecified atom stereocenters. The Hall–Kier alpha value is -3.87. The summed E-state index contributed by atoms with van der Waals surface area (Å²) in [6.07, 6.45) is 2.54. The third-order valence-electron chi connectivity index (χ3n) is 5.20. The monoisotopic (exact) mass is 431 g/mol. The molecule has 0 aliphatic rings. The average molecular weight is 431 g/mol. The topological polar surface area (TPSA) is 86.4 Å². The van der Waals surface area contributed by atoms with Gasteiger partial charge in [0.05, 0.1) is 5.52 Å². The normalized spacial score (nSPS) is 10.9. The number of fused-ring (bicyclic) bond motifs is 1. The van der Waals surface area contributed by atoms with Gasteiger partial charge in [0.15, 0.2) is 5.58 Å². The van der Waals surface area contributed by atoms with E-state index in [1.54, 1.807) is 22.9 Å². The number of amides is 1. The zero-order chi connectivity index (χ0) is 22.5. The molecule has 164 valence electrons. The first-order chi connectivity index (χ1) is 15.5. The minimum absolute atomic E-state index is 0.0819. The van der Waals surface area contributed by atoms with E-state index in [0.717, 1.165) is 28.0 Å². The van der Waals surface area contributed by atoms with Crippen LogP contribution in [0.25, 0.3) is 11.1 Å². The van der Waals surface area contributed by atoms with Crippen molar-refractivity contribution in [1.29, 1.82) is 0 Å². The molecule has 1 amide bonds. The maximum Gasteiger partial charge on any atom is 0.419 e. The lowest BCUT2D eigenvalue weighted by molar-refractivity contribution is -0.121. The van der Waals surface area contributed by atoms with Gasteiger partial charge in [-0.2, -0.15) is 0 Å². The van der Waals surface area contributed by atoms with E-state index in [2.05, 4.69) is 10.3 Å². The van der Waals surface area contributed by atoms with Crippen LogP contribution in [-0.2, 0) is 17.9 Å². The minimum Gasteiger partial charge on any atom is -0.439 e. The first-order valence-corrected chi connectivity index (χ1v) is 10.5. The number of benzene rings is 2. The van der Waals surface area contributed by atoms with Crippen molar-refractivity contribution in [3.05, 3.63) is 88.0 Å². The van der Waals surface area contributed by atoms with Crippen molar-refractivity contribution in [2.75, 3.05) is 0 Å². The number of aromatic nitrogens is 2. The molecule has 0 atom stereocenters. The Morgan fingerprint density at radius 3 is 2.78 bits per heavy atom. The van der Waals surface area contributed by atoms with Gasteiger partial charge in [0.2, 0.25) is 11.8 Å². The van der Waals surface area contributed by atoms with Gasteiger partial charge in [-0.1, -0.05) is 30.3 Å². The van der Waals surface area contributed by atoms with E-state index in [-0.39, 0.29) is 5.91 Å². The lowest BCUT2D eigenvalue weighted by Crippen LogP contribution is -2.23. The highest BCUT2D eigenvalue weighted by molar-refractivity contribution is 5.76. The van der Waals surface area contributed by atoms with Crippen molar-refractivity contribution in [3.63, 3.8) is 0 Å². The van der Waals surface area contributed by atoms with Crippen LogP contribution in [0.5, 0.6) is 11.6 Å². The molecule has 1 N–H and O–H groups in total. The van der Waals surface area contributed by atoms with E-state index in [9.17, 15) is 9.59 Å². The SMILES string of the molecule is Cc1ccc(C)c(Oc2ccc(CNC(=O)CCCn3c(=O)oc4ccccc43)cn2)c1. The highest BCUT2D eigenvalue weighted by atomic mass is 16.5. The lowest BCUT2D eigenvalue weighted by atomic mass is 10.1. The number of para-hydroxylation sites is 2. The zero-order valence-electron chi connectivity index (χ0n) is 18.1. The third kappa shape index (κ3) is 5.06. The molecule has 0 fully saturated rings. The van der Waals surface area contributed by atoms with E-state index in [4.69, 9.17) is 9.15 Å². The number of nitrogens with zero attached hydrogens (tertiary/aromatic N) is 2. The van der Waals surface area contributed by atoms with E-state index >= 15 is 0 Å². The van der Waals surface area contributed by atoms with Crippen molar-refractivity contribution >= 4 is 17.0 Å². The zero-order valence-corrected chi connectivity index (χ0v) is 18.1. The van der Waals surface area contributed by atoms with E-state index in [0.29, 0.717) is 37.4 Å². The maximum atomic E-state index is 12.2. The molecule has 0 spiro atoms. The number of oxazole rings is 1. The fourth-order valence-electron chi connectivity index (χ4n) is 3.42. The molecule has 2 aromatic carbocycles. The number of hydrogen-bond acceptors (Lipinski definition) is 5. The fourth-order valence-corrected chi connectivity index (χ4v) is 3.42. The summed E-state index contributed by atoms with van der Waals surface area (Å²) in [6.45, 7) is 4.81. The van der Waals surface area contributed by atoms with Gasteiger partial charge in [-0.3, -0.25) is 9.36 Å². The summed E-state index contributed by atoms with van der Waals surface area (Å²) in [5.74, 6) is 0.803. The van der Waals surface area contributed by atoms with Gasteiger partial charge < -0.3 is 14.5 Å². The summed E-state index contributed by atoms with van der Waals surface area (Å²) in [6, 6.07) is 17.0. The Labute approximate surface area is 185 Å². The fraction of sp³-hybridized carbons (Fsp3) is 0.240. The first kappa shape index (κ1) is 21.4. The molecule has 2 heterocycles. The molecular formula is C25H25N3O4. The molecule has 2 aromatic heterocycles. The first-order valence-electron chi connectivity index (χ1n) is 10.5. The standard InChI is InChI=1S/C25H25N3O4/c1-17-9-10-18(2)22(14-17)31-24-12-11-19(16-27-24)15-26-23(29)8-5-13-28-20-6-3-4-7-21(20)32-25(28)30/h3-4,6-7,9-12,14,16H,5,8,13,15H2,1-2H3,(H,26,29). The van der Waals surface area contributed by atoms with Crippen LogP contribution in [0, 0.1) is 13.8 Å². The maximum absolute atomic E-state index is 12.2. The van der Waals surface area contributed by atoms with Gasteiger partial charge in [0, 0.05) is 31.8 Å². The van der Waals surface area contributed by atoms with Gasteiger partial charge >= 0.3 is 5.76 Å². The van der Waals surface area contributed by atoms with Gasteiger partial charge in [0.25, 0.3) is 0 Å². The lowest BCUT2D eigenvalue weighted by Gasteiger charge is -2.10. The molecular weight excluding hydrogens is 406 g/mol. The summed E-state index contributed by atoms with van der Waals surface area (Å²) in [7, 11) is 0. The summed E-state index contributed by atoms with van der Waals surface area (Å²) in [5, 5.41) is 2.89. The van der Waals surface area contributed by atoms with Gasteiger partial charge in [-0.15, -0.1) is 0 Å². The molecule has 4 rings (SSSR count). The molecule has 0 aliphatic carbocycles. The highest BCUT2D eigenvalue weighted by Gasteiger charge is 2.09. The van der Waals surface area contributed by atoms with Crippen molar-refractivity contribution in [3.8, 4) is 11.6 Å². The van der Waals surface area contributed by atoms with Crippen LogP contribution in [0.3, 0.4) is 0 Å². The Morgan fingerprint density at radius 1 is 1.12 bits per heavy atom. The van der Waals surface area contributed by atoms with E-state index < -0.39 is 5.76 Å². The Kier molecular flexibility index (Phi) is 6.35. The van der Waals surface area contributed by atoms with E-state index in [1.807, 2.05) is 56.3 Å². The smallest absolute Gasteiger partial charge is 0.419 e. The van der Waals surface area contributed by atoms with Crippen LogP contribution in [0.4, 0.5) is 0 Å². The summed E-state index contributed by atoms with van der Waals surface area (Å²) in [4.78, 5) is 28.5. The predicted octanol–water partition coefficient (Wildman–Crippen LogP) is 4.50. The molecule has 0 saturated carbocycles. The molecule has 4 aromatic rings. The van der Waals surface area contributed by atoms with Gasteiger partial charge in [0.1, 0.15) is 5.75 Å². The second-order valence-corrected chi connectivity index (χ2v) is 7.74. The predicted molar refractivity (Wildman–Crippen MR) is 122 cm³/mol. The minimum atomic E-state index is -0.402. The molecule has 0 radical (unpaired) electrons. The van der Waals surface area contributed by atoms with Crippen LogP contribution >= 0.6 is 0 Å². The number of aryl methyl sites for hydroxylation is 3. The van der Waals surface area contributed by atoms with Crippen LogP contribution in [0.15, 0.2) is 70.0 Å². The third-order valence-corrected chi connectivity index (χ3v) is 5.20. The second-order valence-electron chi connectivity index (χ2n) is 7.74. The number of nitrogens with one attached hydrogen (secondary N) is 1.